The van der Waals surface area contributed by atoms with Crippen LogP contribution in [0.2, 0.25) is 0 Å². The topological polar surface area (TPSA) is 47.6 Å². The van der Waals surface area contributed by atoms with Gasteiger partial charge in [0.05, 0.1) is 13.2 Å². The van der Waals surface area contributed by atoms with Gasteiger partial charge in [-0.1, -0.05) is 72.8 Å². The number of ether oxygens (including phenoxy) is 2. The van der Waals surface area contributed by atoms with Gasteiger partial charge < -0.3 is 14.8 Å². The second-order valence-electron chi connectivity index (χ2n) is 6.92. The lowest BCUT2D eigenvalue weighted by molar-refractivity contribution is -0.122. The van der Waals surface area contributed by atoms with Gasteiger partial charge in [-0.05, 0) is 22.8 Å². The van der Waals surface area contributed by atoms with E-state index in [-0.39, 0.29) is 11.8 Å². The van der Waals surface area contributed by atoms with E-state index in [1.807, 2.05) is 60.7 Å². The number of nitrogens with one attached hydrogen (secondary N) is 1. The molecule has 3 aromatic rings. The van der Waals surface area contributed by atoms with Crippen LogP contribution in [0.3, 0.4) is 0 Å². The molecule has 0 radical (unpaired) electrons. The Morgan fingerprint density at radius 1 is 0.893 bits per heavy atom. The highest BCUT2D eigenvalue weighted by Gasteiger charge is 2.29. The Bertz CT molecular complexity index is 939. The van der Waals surface area contributed by atoms with Gasteiger partial charge in [-0.2, -0.15) is 0 Å². The minimum Gasteiger partial charge on any atom is -0.492 e. The standard InChI is InChI=1S/C24H23NO3/c26-24(22-17-28-23-12-5-4-11-21(22)23)25-14-19-9-6-10-20(13-19)16-27-15-18-7-2-1-3-8-18/h1-13,22H,14-17H2,(H,25,26). The van der Waals surface area contributed by atoms with Crippen molar-refractivity contribution in [3.8, 4) is 5.75 Å². The Morgan fingerprint density at radius 3 is 2.50 bits per heavy atom. The number of carbonyl (C=O) groups is 1. The molecule has 28 heavy (non-hydrogen) atoms. The molecule has 0 bridgehead atoms. The fraction of sp³-hybridized carbons (Fsp3) is 0.208. The highest BCUT2D eigenvalue weighted by atomic mass is 16.5. The number of carbonyl (C=O) groups excluding carboxylic acids is 1. The van der Waals surface area contributed by atoms with E-state index in [1.54, 1.807) is 0 Å². The van der Waals surface area contributed by atoms with E-state index in [0.717, 1.165) is 28.0 Å². The van der Waals surface area contributed by atoms with Crippen LogP contribution in [0.1, 0.15) is 28.2 Å². The molecule has 142 valence electrons. The summed E-state index contributed by atoms with van der Waals surface area (Å²) < 4.78 is 11.4. The second-order valence-corrected chi connectivity index (χ2v) is 6.92. The van der Waals surface area contributed by atoms with Gasteiger partial charge in [-0.3, -0.25) is 4.79 Å². The molecule has 0 aliphatic carbocycles. The van der Waals surface area contributed by atoms with Crippen molar-refractivity contribution in [2.24, 2.45) is 0 Å². The van der Waals surface area contributed by atoms with E-state index >= 15 is 0 Å². The van der Waals surface area contributed by atoms with Crippen molar-refractivity contribution in [1.82, 2.24) is 5.32 Å². The third kappa shape index (κ3) is 4.41. The van der Waals surface area contributed by atoms with Crippen molar-refractivity contribution in [3.63, 3.8) is 0 Å². The van der Waals surface area contributed by atoms with E-state index < -0.39 is 0 Å². The number of para-hydroxylation sites is 1. The first-order valence-corrected chi connectivity index (χ1v) is 9.48. The van der Waals surface area contributed by atoms with Gasteiger partial charge in [0.2, 0.25) is 5.91 Å². The van der Waals surface area contributed by atoms with Crippen molar-refractivity contribution in [3.05, 3.63) is 101 Å². The monoisotopic (exact) mass is 373 g/mol. The van der Waals surface area contributed by atoms with Crippen molar-refractivity contribution >= 4 is 5.91 Å². The number of hydrogen-bond acceptors (Lipinski definition) is 3. The molecule has 4 nitrogen and oxygen atoms in total. The summed E-state index contributed by atoms with van der Waals surface area (Å²) in [6.45, 7) is 2.02. The molecule has 0 aromatic heterocycles. The van der Waals surface area contributed by atoms with Crippen molar-refractivity contribution in [1.29, 1.82) is 0 Å². The van der Waals surface area contributed by atoms with Crippen LogP contribution < -0.4 is 10.1 Å². The molecular formula is C24H23NO3. The quantitative estimate of drug-likeness (QED) is 0.675. The Kier molecular flexibility index (Phi) is 5.69. The maximum Gasteiger partial charge on any atom is 0.231 e. The molecule has 4 rings (SSSR count). The fourth-order valence-corrected chi connectivity index (χ4v) is 3.38. The molecule has 1 heterocycles. The van der Waals surface area contributed by atoms with Gasteiger partial charge >= 0.3 is 0 Å². The molecule has 1 aliphatic rings. The van der Waals surface area contributed by atoms with Crippen LogP contribution in [-0.2, 0) is 29.3 Å². The summed E-state index contributed by atoms with van der Waals surface area (Å²) in [5.41, 5.74) is 4.27. The number of hydrogen-bond donors (Lipinski definition) is 1. The minimum atomic E-state index is -0.242. The van der Waals surface area contributed by atoms with Crippen LogP contribution >= 0.6 is 0 Å². The first-order chi connectivity index (χ1) is 13.8. The Labute approximate surface area is 165 Å². The molecule has 1 amide bonds. The predicted molar refractivity (Wildman–Crippen MR) is 108 cm³/mol. The zero-order chi connectivity index (χ0) is 19.2. The van der Waals surface area contributed by atoms with E-state index in [0.29, 0.717) is 26.4 Å². The van der Waals surface area contributed by atoms with Crippen LogP contribution in [0.4, 0.5) is 0 Å². The summed E-state index contributed by atoms with van der Waals surface area (Å²) >= 11 is 0. The van der Waals surface area contributed by atoms with Gasteiger partial charge in [0.1, 0.15) is 18.3 Å². The van der Waals surface area contributed by atoms with Crippen molar-refractivity contribution in [2.45, 2.75) is 25.7 Å². The summed E-state index contributed by atoms with van der Waals surface area (Å²) in [7, 11) is 0. The van der Waals surface area contributed by atoms with E-state index in [4.69, 9.17) is 9.47 Å². The van der Waals surface area contributed by atoms with Crippen LogP contribution in [-0.4, -0.2) is 12.5 Å². The number of fused-ring (bicyclic) bond motifs is 1. The minimum absolute atomic E-state index is 0.00400. The number of benzene rings is 3. The third-order valence-electron chi connectivity index (χ3n) is 4.85. The number of rotatable bonds is 7. The smallest absolute Gasteiger partial charge is 0.231 e. The van der Waals surface area contributed by atoms with Gasteiger partial charge in [0.25, 0.3) is 0 Å². The lowest BCUT2D eigenvalue weighted by atomic mass is 10.0. The Morgan fingerprint density at radius 2 is 1.61 bits per heavy atom. The first-order valence-electron chi connectivity index (χ1n) is 9.48. The highest BCUT2D eigenvalue weighted by molar-refractivity contribution is 5.85. The average Bonchev–Trinajstić information content (AvgIpc) is 3.17. The Balaban J connectivity index is 1.29. The molecule has 4 heteroatoms. The molecular weight excluding hydrogens is 350 g/mol. The molecule has 1 N–H and O–H groups in total. The third-order valence-corrected chi connectivity index (χ3v) is 4.85. The van der Waals surface area contributed by atoms with E-state index in [2.05, 4.69) is 23.5 Å². The van der Waals surface area contributed by atoms with Crippen LogP contribution in [0.5, 0.6) is 5.75 Å². The summed E-state index contributed by atoms with van der Waals surface area (Å²) in [5, 5.41) is 3.03. The molecule has 0 fully saturated rings. The summed E-state index contributed by atoms with van der Waals surface area (Å²) in [4.78, 5) is 12.6. The molecule has 1 atom stereocenters. The first kappa shape index (κ1) is 18.3. The van der Waals surface area contributed by atoms with Crippen LogP contribution in [0, 0.1) is 0 Å². The van der Waals surface area contributed by atoms with E-state index in [1.165, 1.54) is 0 Å². The van der Waals surface area contributed by atoms with Gasteiger partial charge in [-0.25, -0.2) is 0 Å². The van der Waals surface area contributed by atoms with Gasteiger partial charge in [0.15, 0.2) is 0 Å². The SMILES string of the molecule is O=C(NCc1cccc(COCc2ccccc2)c1)C1COc2ccccc21. The molecule has 1 unspecified atom stereocenters. The van der Waals surface area contributed by atoms with E-state index in [9.17, 15) is 4.79 Å². The zero-order valence-corrected chi connectivity index (χ0v) is 15.6. The molecule has 0 spiro atoms. The summed E-state index contributed by atoms with van der Waals surface area (Å²) in [6, 6.07) is 26.0. The van der Waals surface area contributed by atoms with Crippen LogP contribution in [0.25, 0.3) is 0 Å². The second kappa shape index (κ2) is 8.72. The maximum atomic E-state index is 12.6. The summed E-state index contributed by atoms with van der Waals surface area (Å²) in [5.74, 6) is 0.560. The largest absolute Gasteiger partial charge is 0.492 e. The predicted octanol–water partition coefficient (Wildman–Crippen LogP) is 4.20. The van der Waals surface area contributed by atoms with Gasteiger partial charge in [-0.15, -0.1) is 0 Å². The van der Waals surface area contributed by atoms with Gasteiger partial charge in [0, 0.05) is 12.1 Å². The maximum absolute atomic E-state index is 12.6. The fourth-order valence-electron chi connectivity index (χ4n) is 3.38. The molecule has 1 aliphatic heterocycles. The number of amides is 1. The molecule has 0 saturated heterocycles. The molecule has 0 saturated carbocycles. The average molecular weight is 373 g/mol. The van der Waals surface area contributed by atoms with Crippen molar-refractivity contribution < 1.29 is 14.3 Å². The van der Waals surface area contributed by atoms with Crippen molar-refractivity contribution in [2.75, 3.05) is 6.61 Å². The van der Waals surface area contributed by atoms with Crippen LogP contribution in [0.15, 0.2) is 78.9 Å². The highest BCUT2D eigenvalue weighted by Crippen LogP contribution is 2.33. The normalized spacial score (nSPS) is 14.9. The lowest BCUT2D eigenvalue weighted by Gasteiger charge is -2.11. The summed E-state index contributed by atoms with van der Waals surface area (Å²) in [6.07, 6.45) is 0. The lowest BCUT2D eigenvalue weighted by Crippen LogP contribution is -2.29. The Hall–Kier alpha value is -3.11. The molecule has 3 aromatic carbocycles. The zero-order valence-electron chi connectivity index (χ0n) is 15.6.